The summed E-state index contributed by atoms with van der Waals surface area (Å²) in [5.41, 5.74) is 0.581. The summed E-state index contributed by atoms with van der Waals surface area (Å²) in [6, 6.07) is 6.40. The van der Waals surface area contributed by atoms with Crippen LogP contribution in [0.3, 0.4) is 0 Å². The van der Waals surface area contributed by atoms with Crippen LogP contribution in [0.5, 0.6) is 5.75 Å². The molecule has 2 atom stereocenters. The average molecular weight is 265 g/mol. The highest BCUT2D eigenvalue weighted by Gasteiger charge is 2.27. The zero-order valence-electron chi connectivity index (χ0n) is 11.0. The van der Waals surface area contributed by atoms with E-state index in [0.29, 0.717) is 25.3 Å². The van der Waals surface area contributed by atoms with Gasteiger partial charge in [-0.05, 0) is 31.2 Å². The van der Waals surface area contributed by atoms with Gasteiger partial charge >= 0.3 is 0 Å². The Hall–Kier alpha value is -1.43. The first-order valence-corrected chi connectivity index (χ1v) is 6.39. The smallest absolute Gasteiger partial charge is 0.176 e. The number of phenols is 1. The van der Waals surface area contributed by atoms with Crippen molar-refractivity contribution in [3.63, 3.8) is 0 Å². The summed E-state index contributed by atoms with van der Waals surface area (Å²) in [7, 11) is 0. The number of nitrogens with zero attached hydrogens (tertiary/aromatic N) is 1. The number of carbonyl (C=O) groups excluding carboxylic acids is 1. The van der Waals surface area contributed by atoms with Gasteiger partial charge in [-0.25, -0.2) is 0 Å². The molecule has 104 valence electrons. The predicted octanol–water partition coefficient (Wildman–Crippen LogP) is 0.656. The Balaban J connectivity index is 1.99. The van der Waals surface area contributed by atoms with Crippen molar-refractivity contribution in [3.05, 3.63) is 29.8 Å². The van der Waals surface area contributed by atoms with Crippen molar-refractivity contribution in [1.29, 1.82) is 0 Å². The monoisotopic (exact) mass is 265 g/mol. The first kappa shape index (κ1) is 14.0. The van der Waals surface area contributed by atoms with E-state index in [0.717, 1.165) is 0 Å². The molecule has 0 aromatic heterocycles. The number of aliphatic hydroxyl groups excluding tert-OH is 1. The molecular weight excluding hydrogens is 246 g/mol. The molecule has 0 amide bonds. The van der Waals surface area contributed by atoms with E-state index < -0.39 is 0 Å². The fourth-order valence-corrected chi connectivity index (χ4v) is 2.13. The van der Waals surface area contributed by atoms with Crippen LogP contribution in [0.1, 0.15) is 17.3 Å². The number of morpholine rings is 1. The fourth-order valence-electron chi connectivity index (χ4n) is 2.13. The Morgan fingerprint density at radius 3 is 2.74 bits per heavy atom. The summed E-state index contributed by atoms with van der Waals surface area (Å²) in [5.74, 6) is 0.155. The summed E-state index contributed by atoms with van der Waals surface area (Å²) in [4.78, 5) is 14.2. The van der Waals surface area contributed by atoms with Crippen molar-refractivity contribution in [1.82, 2.24) is 4.90 Å². The van der Waals surface area contributed by atoms with Crippen LogP contribution in [0.4, 0.5) is 0 Å². The van der Waals surface area contributed by atoms with E-state index in [1.54, 1.807) is 12.1 Å². The molecule has 1 aliphatic rings. The second-order valence-electron chi connectivity index (χ2n) is 4.89. The number of carbonyl (C=O) groups is 1. The first-order valence-electron chi connectivity index (χ1n) is 6.39. The van der Waals surface area contributed by atoms with Gasteiger partial charge in [0.1, 0.15) is 5.75 Å². The van der Waals surface area contributed by atoms with Gasteiger partial charge in [-0.1, -0.05) is 0 Å². The largest absolute Gasteiger partial charge is 0.508 e. The van der Waals surface area contributed by atoms with E-state index in [1.165, 1.54) is 12.1 Å². The highest BCUT2D eigenvalue weighted by Crippen LogP contribution is 2.14. The van der Waals surface area contributed by atoms with E-state index in [2.05, 4.69) is 0 Å². The van der Waals surface area contributed by atoms with Gasteiger partial charge < -0.3 is 14.9 Å². The van der Waals surface area contributed by atoms with Crippen LogP contribution < -0.4 is 0 Å². The van der Waals surface area contributed by atoms with Gasteiger partial charge in [-0.15, -0.1) is 0 Å². The van der Waals surface area contributed by atoms with Crippen molar-refractivity contribution in [2.45, 2.75) is 19.1 Å². The summed E-state index contributed by atoms with van der Waals surface area (Å²) in [5, 5.41) is 18.3. The topological polar surface area (TPSA) is 70.0 Å². The maximum Gasteiger partial charge on any atom is 0.176 e. The summed E-state index contributed by atoms with van der Waals surface area (Å²) < 4.78 is 5.44. The summed E-state index contributed by atoms with van der Waals surface area (Å²) >= 11 is 0. The molecule has 1 saturated heterocycles. The molecule has 0 spiro atoms. The van der Waals surface area contributed by atoms with E-state index in [9.17, 15) is 9.90 Å². The Bertz CT molecular complexity index is 432. The van der Waals surface area contributed by atoms with Crippen molar-refractivity contribution < 1.29 is 19.7 Å². The maximum atomic E-state index is 12.1. The minimum absolute atomic E-state index is 0.00504. The van der Waals surface area contributed by atoms with Gasteiger partial charge in [0.2, 0.25) is 0 Å². The third-order valence-corrected chi connectivity index (χ3v) is 3.37. The Morgan fingerprint density at radius 1 is 1.42 bits per heavy atom. The molecule has 2 N–H and O–H groups in total. The first-order chi connectivity index (χ1) is 9.10. The van der Waals surface area contributed by atoms with Gasteiger partial charge in [0, 0.05) is 18.2 Å². The lowest BCUT2D eigenvalue weighted by Crippen LogP contribution is -2.51. The Morgan fingerprint density at radius 2 is 2.11 bits per heavy atom. The lowest BCUT2D eigenvalue weighted by atomic mass is 10.1. The van der Waals surface area contributed by atoms with Crippen LogP contribution in [0, 0.1) is 0 Å². The molecular formula is C14H19NO4. The third-order valence-electron chi connectivity index (χ3n) is 3.37. The average Bonchev–Trinajstić information content (AvgIpc) is 2.42. The van der Waals surface area contributed by atoms with Crippen molar-refractivity contribution in [2.24, 2.45) is 0 Å². The number of ether oxygens (including phenoxy) is 1. The molecule has 2 unspecified atom stereocenters. The Labute approximate surface area is 112 Å². The molecule has 2 rings (SSSR count). The van der Waals surface area contributed by atoms with Crippen molar-refractivity contribution in [2.75, 3.05) is 26.3 Å². The number of Topliss-reactive ketones (excluding diaryl/α,β-unsaturated/α-hetero) is 1. The van der Waals surface area contributed by atoms with E-state index in [1.807, 2.05) is 11.8 Å². The quantitative estimate of drug-likeness (QED) is 0.783. The predicted molar refractivity (Wildman–Crippen MR) is 70.3 cm³/mol. The number of rotatable bonds is 4. The molecule has 0 radical (unpaired) electrons. The molecule has 1 aromatic rings. The normalized spacial score (nSPS) is 24.3. The minimum Gasteiger partial charge on any atom is -0.508 e. The third kappa shape index (κ3) is 3.53. The van der Waals surface area contributed by atoms with Gasteiger partial charge in [-0.3, -0.25) is 9.69 Å². The lowest BCUT2D eigenvalue weighted by molar-refractivity contribution is -0.0747. The molecule has 19 heavy (non-hydrogen) atoms. The number of ketones is 1. The van der Waals surface area contributed by atoms with Gasteiger partial charge in [0.15, 0.2) is 5.78 Å². The second-order valence-corrected chi connectivity index (χ2v) is 4.89. The van der Waals surface area contributed by atoms with E-state index in [4.69, 9.17) is 9.84 Å². The second kappa shape index (κ2) is 6.14. The molecule has 1 heterocycles. The standard InChI is InChI=1S/C14H19NO4/c1-10-9-19-13(8-16)6-15(10)7-14(18)11-2-4-12(17)5-3-11/h2-5,10,13,16-17H,6-9H2,1H3. The number of hydrogen-bond donors (Lipinski definition) is 2. The molecule has 0 saturated carbocycles. The van der Waals surface area contributed by atoms with Crippen LogP contribution in [0.2, 0.25) is 0 Å². The minimum atomic E-state index is -0.219. The molecule has 5 heteroatoms. The zero-order valence-corrected chi connectivity index (χ0v) is 11.0. The van der Waals surface area contributed by atoms with Crippen molar-refractivity contribution >= 4 is 5.78 Å². The zero-order chi connectivity index (χ0) is 13.8. The van der Waals surface area contributed by atoms with E-state index >= 15 is 0 Å². The number of benzene rings is 1. The van der Waals surface area contributed by atoms with Gasteiger partial charge in [0.05, 0.1) is 25.9 Å². The van der Waals surface area contributed by atoms with Gasteiger partial charge in [-0.2, -0.15) is 0 Å². The molecule has 5 nitrogen and oxygen atoms in total. The van der Waals surface area contributed by atoms with Crippen LogP contribution >= 0.6 is 0 Å². The number of hydrogen-bond acceptors (Lipinski definition) is 5. The van der Waals surface area contributed by atoms with Crippen LogP contribution in [-0.2, 0) is 4.74 Å². The number of aliphatic hydroxyl groups is 1. The maximum absolute atomic E-state index is 12.1. The molecule has 1 aliphatic heterocycles. The molecule has 1 fully saturated rings. The fraction of sp³-hybridized carbons (Fsp3) is 0.500. The van der Waals surface area contributed by atoms with Crippen LogP contribution in [-0.4, -0.2) is 59.3 Å². The molecule has 0 bridgehead atoms. The number of phenolic OH excluding ortho intramolecular Hbond substituents is 1. The van der Waals surface area contributed by atoms with E-state index in [-0.39, 0.29) is 30.3 Å². The molecule has 1 aromatic carbocycles. The number of aromatic hydroxyl groups is 1. The highest BCUT2D eigenvalue weighted by molar-refractivity contribution is 5.97. The Kier molecular flexibility index (Phi) is 4.52. The summed E-state index contributed by atoms with van der Waals surface area (Å²) in [6.45, 7) is 3.34. The molecule has 0 aliphatic carbocycles. The van der Waals surface area contributed by atoms with Gasteiger partial charge in [0.25, 0.3) is 0 Å². The lowest BCUT2D eigenvalue weighted by Gasteiger charge is -2.36. The SMILES string of the molecule is CC1COC(CO)CN1CC(=O)c1ccc(O)cc1. The van der Waals surface area contributed by atoms with Crippen LogP contribution in [0.15, 0.2) is 24.3 Å². The van der Waals surface area contributed by atoms with Crippen molar-refractivity contribution in [3.8, 4) is 5.75 Å². The van der Waals surface area contributed by atoms with Crippen LogP contribution in [0.25, 0.3) is 0 Å². The highest BCUT2D eigenvalue weighted by atomic mass is 16.5. The summed E-state index contributed by atoms with van der Waals surface area (Å²) in [6.07, 6.45) is -0.219.